The molecule has 0 unspecified atom stereocenters. The molecule has 1 aromatic rings. The molecule has 0 heterocycles. The van der Waals surface area contributed by atoms with Crippen molar-refractivity contribution in [2.45, 2.75) is 31.6 Å². The summed E-state index contributed by atoms with van der Waals surface area (Å²) in [6.45, 7) is 0. The van der Waals surface area contributed by atoms with Gasteiger partial charge in [-0.25, -0.2) is 0 Å². The van der Waals surface area contributed by atoms with E-state index in [0.717, 1.165) is 0 Å². The number of amides is 1. The van der Waals surface area contributed by atoms with Crippen LogP contribution in [0.4, 0.5) is 0 Å². The van der Waals surface area contributed by atoms with Crippen molar-refractivity contribution >= 4 is 11.9 Å². The van der Waals surface area contributed by atoms with E-state index >= 15 is 0 Å². The van der Waals surface area contributed by atoms with Gasteiger partial charge in [0.15, 0.2) is 0 Å². The number of carboxylic acid groups (broad SMARTS) is 1. The number of nitrogens with two attached hydrogens (primary N) is 1. The molecule has 1 aromatic carbocycles. The number of benzene rings is 1. The van der Waals surface area contributed by atoms with Crippen LogP contribution in [0.1, 0.15) is 37.2 Å². The molecule has 96 valence electrons. The fourth-order valence-corrected chi connectivity index (χ4v) is 2.73. The lowest BCUT2D eigenvalue weighted by atomic mass is 9.68. The van der Waals surface area contributed by atoms with Crippen molar-refractivity contribution < 1.29 is 14.7 Å². The van der Waals surface area contributed by atoms with Gasteiger partial charge >= 0.3 is 5.97 Å². The van der Waals surface area contributed by atoms with Crippen LogP contribution in [0, 0.1) is 5.41 Å². The molecule has 0 atom stereocenters. The zero-order valence-electron chi connectivity index (χ0n) is 10.1. The molecular weight excluding hydrogens is 230 g/mol. The van der Waals surface area contributed by atoms with Crippen molar-refractivity contribution in [3.05, 3.63) is 35.9 Å². The minimum absolute atomic E-state index is 0.331. The monoisotopic (exact) mass is 247 g/mol. The largest absolute Gasteiger partial charge is 0.480 e. The third-order valence-corrected chi connectivity index (χ3v) is 3.99. The number of hydrogen-bond donors (Lipinski definition) is 2. The third-order valence-electron chi connectivity index (χ3n) is 3.99. The molecule has 2 rings (SSSR count). The van der Waals surface area contributed by atoms with Gasteiger partial charge in [0.25, 0.3) is 0 Å². The lowest BCUT2D eigenvalue weighted by molar-refractivity contribution is -0.157. The van der Waals surface area contributed by atoms with Crippen LogP contribution in [-0.2, 0) is 9.59 Å². The van der Waals surface area contributed by atoms with E-state index in [1.54, 1.807) is 0 Å². The second-order valence-electron chi connectivity index (χ2n) is 4.94. The molecule has 0 aromatic heterocycles. The molecule has 4 heteroatoms. The molecule has 0 spiro atoms. The van der Waals surface area contributed by atoms with Crippen LogP contribution in [0.15, 0.2) is 30.3 Å². The zero-order valence-corrected chi connectivity index (χ0v) is 10.1. The predicted octanol–water partition coefficient (Wildman–Crippen LogP) is 1.90. The van der Waals surface area contributed by atoms with E-state index in [-0.39, 0.29) is 0 Å². The van der Waals surface area contributed by atoms with E-state index in [1.807, 2.05) is 30.3 Å². The molecule has 0 aliphatic heterocycles. The molecule has 1 aliphatic carbocycles. The Balaban J connectivity index is 2.12. The summed E-state index contributed by atoms with van der Waals surface area (Å²) in [6.07, 6.45) is 2.05. The first kappa shape index (κ1) is 12.6. The molecule has 1 aliphatic rings. The smallest absolute Gasteiger partial charge is 0.319 e. The van der Waals surface area contributed by atoms with E-state index in [2.05, 4.69) is 0 Å². The summed E-state index contributed by atoms with van der Waals surface area (Å²) in [5.74, 6) is -1.46. The van der Waals surface area contributed by atoms with Crippen LogP contribution >= 0.6 is 0 Å². The summed E-state index contributed by atoms with van der Waals surface area (Å²) in [5, 5.41) is 9.22. The number of aliphatic carboxylic acids is 1. The second kappa shape index (κ2) is 4.80. The molecule has 1 fully saturated rings. The van der Waals surface area contributed by atoms with Crippen molar-refractivity contribution in [3.8, 4) is 0 Å². The Morgan fingerprint density at radius 2 is 1.72 bits per heavy atom. The highest BCUT2D eigenvalue weighted by Crippen LogP contribution is 2.43. The van der Waals surface area contributed by atoms with Gasteiger partial charge in [0, 0.05) is 0 Å². The van der Waals surface area contributed by atoms with Crippen LogP contribution in [0.25, 0.3) is 0 Å². The first-order valence-electron chi connectivity index (χ1n) is 6.14. The number of hydrogen-bond acceptors (Lipinski definition) is 2. The first-order chi connectivity index (χ1) is 8.56. The van der Waals surface area contributed by atoms with Gasteiger partial charge < -0.3 is 10.8 Å². The number of carbonyl (C=O) groups is 2. The summed E-state index contributed by atoms with van der Waals surface area (Å²) >= 11 is 0. The Hall–Kier alpha value is -1.84. The van der Waals surface area contributed by atoms with Gasteiger partial charge in [-0.3, -0.25) is 9.59 Å². The maximum atomic E-state index is 11.4. The average Bonchev–Trinajstić information content (AvgIpc) is 2.39. The van der Waals surface area contributed by atoms with Gasteiger partial charge in [0.1, 0.15) is 5.41 Å². The summed E-state index contributed by atoms with van der Waals surface area (Å²) in [7, 11) is 0. The van der Waals surface area contributed by atoms with Gasteiger partial charge in [-0.1, -0.05) is 30.3 Å². The molecular formula is C14H17NO3. The quantitative estimate of drug-likeness (QED) is 0.800. The highest BCUT2D eigenvalue weighted by molar-refractivity contribution is 6.01. The van der Waals surface area contributed by atoms with Crippen LogP contribution < -0.4 is 5.73 Å². The highest BCUT2D eigenvalue weighted by Gasteiger charge is 2.47. The van der Waals surface area contributed by atoms with Crippen LogP contribution in [0.2, 0.25) is 0 Å². The van der Waals surface area contributed by atoms with Crippen molar-refractivity contribution in [2.75, 3.05) is 0 Å². The summed E-state index contributed by atoms with van der Waals surface area (Å²) in [6, 6.07) is 9.99. The van der Waals surface area contributed by atoms with E-state index in [9.17, 15) is 14.7 Å². The fourth-order valence-electron chi connectivity index (χ4n) is 2.73. The molecule has 0 radical (unpaired) electrons. The molecule has 3 N–H and O–H groups in total. The highest BCUT2D eigenvalue weighted by atomic mass is 16.4. The van der Waals surface area contributed by atoms with Gasteiger partial charge in [-0.2, -0.15) is 0 Å². The molecule has 0 saturated heterocycles. The second-order valence-corrected chi connectivity index (χ2v) is 4.94. The number of primary amides is 1. The standard InChI is InChI=1S/C14H17NO3/c15-12(16)14(13(17)18)8-6-11(7-9-14)10-4-2-1-3-5-10/h1-5,11H,6-9H2,(H2,15,16)(H,17,18). The van der Waals surface area contributed by atoms with Crippen molar-refractivity contribution in [2.24, 2.45) is 11.1 Å². The van der Waals surface area contributed by atoms with E-state index in [0.29, 0.717) is 31.6 Å². The average molecular weight is 247 g/mol. The first-order valence-corrected chi connectivity index (χ1v) is 6.14. The topological polar surface area (TPSA) is 80.4 Å². The molecule has 0 bridgehead atoms. The van der Waals surface area contributed by atoms with Gasteiger partial charge in [0.05, 0.1) is 0 Å². The SMILES string of the molecule is NC(=O)C1(C(=O)O)CCC(c2ccccc2)CC1. The Kier molecular flexibility index (Phi) is 3.36. The van der Waals surface area contributed by atoms with Gasteiger partial charge in [0.2, 0.25) is 5.91 Å². The van der Waals surface area contributed by atoms with Crippen LogP contribution in [0.3, 0.4) is 0 Å². The predicted molar refractivity (Wildman–Crippen MR) is 66.9 cm³/mol. The Morgan fingerprint density at radius 3 is 2.17 bits per heavy atom. The summed E-state index contributed by atoms with van der Waals surface area (Å²) in [5.41, 5.74) is 5.12. The molecule has 1 saturated carbocycles. The molecule has 4 nitrogen and oxygen atoms in total. The van der Waals surface area contributed by atoms with E-state index in [1.165, 1.54) is 5.56 Å². The van der Waals surface area contributed by atoms with Crippen molar-refractivity contribution in [1.82, 2.24) is 0 Å². The maximum absolute atomic E-state index is 11.4. The lowest BCUT2D eigenvalue weighted by Crippen LogP contribution is -2.46. The number of carboxylic acids is 1. The lowest BCUT2D eigenvalue weighted by Gasteiger charge is -2.34. The van der Waals surface area contributed by atoms with E-state index < -0.39 is 17.3 Å². The Labute approximate surface area is 106 Å². The maximum Gasteiger partial charge on any atom is 0.319 e. The minimum atomic E-state index is -1.36. The van der Waals surface area contributed by atoms with E-state index in [4.69, 9.17) is 5.73 Å². The molecule has 18 heavy (non-hydrogen) atoms. The van der Waals surface area contributed by atoms with Crippen molar-refractivity contribution in [1.29, 1.82) is 0 Å². The normalized spacial score (nSPS) is 27.7. The number of rotatable bonds is 3. The fraction of sp³-hybridized carbons (Fsp3) is 0.429. The minimum Gasteiger partial charge on any atom is -0.480 e. The van der Waals surface area contributed by atoms with Crippen LogP contribution in [-0.4, -0.2) is 17.0 Å². The molecule has 1 amide bonds. The van der Waals surface area contributed by atoms with Crippen molar-refractivity contribution in [3.63, 3.8) is 0 Å². The third kappa shape index (κ3) is 2.10. The summed E-state index contributed by atoms with van der Waals surface area (Å²) < 4.78 is 0. The Bertz CT molecular complexity index is 431. The van der Waals surface area contributed by atoms with Gasteiger partial charge in [-0.05, 0) is 37.2 Å². The zero-order chi connectivity index (χ0) is 13.2. The van der Waals surface area contributed by atoms with Crippen LogP contribution in [0.5, 0.6) is 0 Å². The number of carbonyl (C=O) groups excluding carboxylic acids is 1. The Morgan fingerprint density at radius 1 is 1.17 bits per heavy atom. The summed E-state index contributed by atoms with van der Waals surface area (Å²) in [4.78, 5) is 22.7. The van der Waals surface area contributed by atoms with Gasteiger partial charge in [-0.15, -0.1) is 0 Å².